The molecule has 0 saturated heterocycles. The van der Waals surface area contributed by atoms with Gasteiger partial charge in [0.15, 0.2) is 0 Å². The van der Waals surface area contributed by atoms with E-state index < -0.39 is 0 Å². The number of aliphatic hydroxyl groups excluding tert-OH is 1. The highest BCUT2D eigenvalue weighted by molar-refractivity contribution is 9.10. The average molecular weight is 286 g/mol. The molecule has 2 unspecified atom stereocenters. The maximum atomic E-state index is 9.34. The average Bonchev–Trinajstić information content (AvgIpc) is 3.04. The standard InChI is InChI=1S/C12H16BrNO2/c1-16-11-3-2-8(4-10(11)13)9-5-12(9,6-14)7-15/h2-4,9,15H,5-7,14H2,1H3. The van der Waals surface area contributed by atoms with E-state index in [-0.39, 0.29) is 12.0 Å². The Bertz CT molecular complexity index is 391. The van der Waals surface area contributed by atoms with E-state index in [4.69, 9.17) is 10.5 Å². The third-order valence-corrected chi connectivity index (χ3v) is 4.11. The molecule has 0 spiro atoms. The fourth-order valence-corrected chi connectivity index (χ4v) is 2.74. The maximum absolute atomic E-state index is 9.34. The van der Waals surface area contributed by atoms with Crippen molar-refractivity contribution in [1.82, 2.24) is 0 Å². The zero-order chi connectivity index (χ0) is 11.8. The summed E-state index contributed by atoms with van der Waals surface area (Å²) < 4.78 is 6.13. The smallest absolute Gasteiger partial charge is 0.133 e. The lowest BCUT2D eigenvalue weighted by atomic mass is 10.00. The van der Waals surface area contributed by atoms with Crippen LogP contribution in [0.3, 0.4) is 0 Å². The van der Waals surface area contributed by atoms with Crippen molar-refractivity contribution in [2.45, 2.75) is 12.3 Å². The van der Waals surface area contributed by atoms with Gasteiger partial charge in [0.2, 0.25) is 0 Å². The third-order valence-electron chi connectivity index (χ3n) is 3.49. The fraction of sp³-hybridized carbons (Fsp3) is 0.500. The van der Waals surface area contributed by atoms with Crippen molar-refractivity contribution in [2.24, 2.45) is 11.1 Å². The van der Waals surface area contributed by atoms with Gasteiger partial charge in [-0.25, -0.2) is 0 Å². The predicted molar refractivity (Wildman–Crippen MR) is 66.6 cm³/mol. The van der Waals surface area contributed by atoms with Crippen LogP contribution in [-0.4, -0.2) is 25.4 Å². The molecule has 1 aromatic rings. The highest BCUT2D eigenvalue weighted by atomic mass is 79.9. The lowest BCUT2D eigenvalue weighted by Gasteiger charge is -2.12. The second kappa shape index (κ2) is 4.35. The van der Waals surface area contributed by atoms with Gasteiger partial charge in [0.05, 0.1) is 18.2 Å². The summed E-state index contributed by atoms with van der Waals surface area (Å²) in [5.41, 5.74) is 6.83. The van der Waals surface area contributed by atoms with Gasteiger partial charge >= 0.3 is 0 Å². The van der Waals surface area contributed by atoms with Gasteiger partial charge < -0.3 is 15.6 Å². The van der Waals surface area contributed by atoms with Gasteiger partial charge in [0.25, 0.3) is 0 Å². The number of ether oxygens (including phenoxy) is 1. The number of hydrogen-bond acceptors (Lipinski definition) is 3. The summed E-state index contributed by atoms with van der Waals surface area (Å²) in [7, 11) is 1.65. The van der Waals surface area contributed by atoms with Gasteiger partial charge in [-0.2, -0.15) is 0 Å². The molecular formula is C12H16BrNO2. The lowest BCUT2D eigenvalue weighted by molar-refractivity contribution is 0.211. The van der Waals surface area contributed by atoms with Crippen molar-refractivity contribution < 1.29 is 9.84 Å². The first-order valence-electron chi connectivity index (χ1n) is 5.31. The minimum Gasteiger partial charge on any atom is -0.496 e. The predicted octanol–water partition coefficient (Wildman–Crippen LogP) is 1.88. The van der Waals surface area contributed by atoms with Crippen molar-refractivity contribution in [3.8, 4) is 5.75 Å². The van der Waals surface area contributed by atoms with Crippen LogP contribution in [0.25, 0.3) is 0 Å². The largest absolute Gasteiger partial charge is 0.496 e. The summed E-state index contributed by atoms with van der Waals surface area (Å²) in [6.07, 6.45) is 0.971. The van der Waals surface area contributed by atoms with Crippen LogP contribution in [0.15, 0.2) is 22.7 Å². The van der Waals surface area contributed by atoms with Crippen LogP contribution in [-0.2, 0) is 0 Å². The Hall–Kier alpha value is -0.580. The van der Waals surface area contributed by atoms with Crippen molar-refractivity contribution in [3.63, 3.8) is 0 Å². The molecule has 16 heavy (non-hydrogen) atoms. The maximum Gasteiger partial charge on any atom is 0.133 e. The summed E-state index contributed by atoms with van der Waals surface area (Å²) in [6, 6.07) is 6.04. The molecule has 0 amide bonds. The minimum absolute atomic E-state index is 0.0893. The van der Waals surface area contributed by atoms with Gasteiger partial charge in [0.1, 0.15) is 5.75 Å². The molecule has 2 atom stereocenters. The van der Waals surface area contributed by atoms with Crippen molar-refractivity contribution in [2.75, 3.05) is 20.3 Å². The van der Waals surface area contributed by atoms with E-state index in [1.54, 1.807) is 7.11 Å². The number of aliphatic hydroxyl groups is 1. The Labute approximate surface area is 104 Å². The molecule has 1 aliphatic rings. The molecule has 3 N–H and O–H groups in total. The Morgan fingerprint density at radius 2 is 2.38 bits per heavy atom. The van der Waals surface area contributed by atoms with E-state index in [1.807, 2.05) is 12.1 Å². The monoisotopic (exact) mass is 285 g/mol. The van der Waals surface area contributed by atoms with Crippen LogP contribution in [0.5, 0.6) is 5.75 Å². The van der Waals surface area contributed by atoms with Gasteiger partial charge in [-0.3, -0.25) is 0 Å². The number of hydrogen-bond donors (Lipinski definition) is 2. The van der Waals surface area contributed by atoms with Crippen molar-refractivity contribution in [3.05, 3.63) is 28.2 Å². The molecule has 0 aromatic heterocycles. The molecule has 4 heteroatoms. The van der Waals surface area contributed by atoms with E-state index in [2.05, 4.69) is 22.0 Å². The molecule has 0 radical (unpaired) electrons. The van der Waals surface area contributed by atoms with E-state index >= 15 is 0 Å². The Morgan fingerprint density at radius 3 is 2.81 bits per heavy atom. The Morgan fingerprint density at radius 1 is 1.62 bits per heavy atom. The van der Waals surface area contributed by atoms with E-state index in [0.29, 0.717) is 12.5 Å². The number of methoxy groups -OCH3 is 1. The van der Waals surface area contributed by atoms with Crippen LogP contribution >= 0.6 is 15.9 Å². The first-order chi connectivity index (χ1) is 7.66. The SMILES string of the molecule is COc1ccc(C2CC2(CN)CO)cc1Br. The molecule has 0 aliphatic heterocycles. The van der Waals surface area contributed by atoms with Crippen molar-refractivity contribution >= 4 is 15.9 Å². The van der Waals surface area contributed by atoms with Crippen LogP contribution in [0.1, 0.15) is 17.9 Å². The zero-order valence-corrected chi connectivity index (χ0v) is 10.8. The molecule has 1 aromatic carbocycles. The second-order valence-electron chi connectivity index (χ2n) is 4.38. The second-order valence-corrected chi connectivity index (χ2v) is 5.23. The molecule has 0 heterocycles. The topological polar surface area (TPSA) is 55.5 Å². The van der Waals surface area contributed by atoms with Crippen LogP contribution in [0.2, 0.25) is 0 Å². The first-order valence-corrected chi connectivity index (χ1v) is 6.10. The molecule has 88 valence electrons. The van der Waals surface area contributed by atoms with Gasteiger partial charge in [-0.1, -0.05) is 6.07 Å². The normalized spacial score (nSPS) is 27.9. The van der Waals surface area contributed by atoms with Crippen molar-refractivity contribution in [1.29, 1.82) is 0 Å². The third kappa shape index (κ3) is 1.85. The molecule has 0 bridgehead atoms. The molecular weight excluding hydrogens is 270 g/mol. The van der Waals surface area contributed by atoms with Crippen LogP contribution < -0.4 is 10.5 Å². The fourth-order valence-electron chi connectivity index (χ4n) is 2.18. The highest BCUT2D eigenvalue weighted by Gasteiger charge is 2.53. The lowest BCUT2D eigenvalue weighted by Crippen LogP contribution is -2.21. The molecule has 2 rings (SSSR count). The Balaban J connectivity index is 2.21. The number of halogens is 1. The van der Waals surface area contributed by atoms with Crippen LogP contribution in [0, 0.1) is 5.41 Å². The van der Waals surface area contributed by atoms with E-state index in [0.717, 1.165) is 16.6 Å². The van der Waals surface area contributed by atoms with E-state index in [1.165, 1.54) is 5.56 Å². The number of benzene rings is 1. The quantitative estimate of drug-likeness (QED) is 0.888. The molecule has 1 fully saturated rings. The number of nitrogens with two attached hydrogens (primary N) is 1. The summed E-state index contributed by atoms with van der Waals surface area (Å²) in [5.74, 6) is 1.21. The zero-order valence-electron chi connectivity index (χ0n) is 9.24. The molecule has 1 saturated carbocycles. The highest BCUT2D eigenvalue weighted by Crippen LogP contribution is 2.58. The van der Waals surface area contributed by atoms with Gasteiger partial charge in [-0.15, -0.1) is 0 Å². The number of rotatable bonds is 4. The van der Waals surface area contributed by atoms with Gasteiger partial charge in [0, 0.05) is 12.0 Å². The summed E-state index contributed by atoms with van der Waals surface area (Å²) >= 11 is 3.47. The molecule has 3 nitrogen and oxygen atoms in total. The van der Waals surface area contributed by atoms with Crippen LogP contribution in [0.4, 0.5) is 0 Å². The van der Waals surface area contributed by atoms with E-state index in [9.17, 15) is 5.11 Å². The summed E-state index contributed by atoms with van der Waals surface area (Å²) in [6.45, 7) is 0.704. The van der Waals surface area contributed by atoms with Gasteiger partial charge in [-0.05, 0) is 46.0 Å². The Kier molecular flexibility index (Phi) is 3.24. The minimum atomic E-state index is -0.0893. The molecule has 1 aliphatic carbocycles. The first kappa shape index (κ1) is 11.9. The summed E-state index contributed by atoms with van der Waals surface area (Å²) in [5, 5.41) is 9.34. The summed E-state index contributed by atoms with van der Waals surface area (Å²) in [4.78, 5) is 0.